The second-order valence-corrected chi connectivity index (χ2v) is 10.8. The van der Waals surface area contributed by atoms with Crippen molar-refractivity contribution < 1.29 is 8.42 Å². The van der Waals surface area contributed by atoms with Gasteiger partial charge in [-0.05, 0) is 31.2 Å². The van der Waals surface area contributed by atoms with E-state index >= 15 is 0 Å². The topological polar surface area (TPSA) is 136 Å². The van der Waals surface area contributed by atoms with Gasteiger partial charge in [-0.15, -0.1) is 15.3 Å². The van der Waals surface area contributed by atoms with E-state index in [1.54, 1.807) is 54.1 Å². The van der Waals surface area contributed by atoms with Crippen LogP contribution in [0.2, 0.25) is 0 Å². The summed E-state index contributed by atoms with van der Waals surface area (Å²) in [5.41, 5.74) is 1.39. The number of nitrogens with zero attached hydrogens (tertiary/aromatic N) is 8. The van der Waals surface area contributed by atoms with Crippen molar-refractivity contribution in [1.82, 2.24) is 34.6 Å². The normalized spacial score (nSPS) is 12.7. The molecule has 0 aliphatic carbocycles. The van der Waals surface area contributed by atoms with Gasteiger partial charge in [-0.3, -0.25) is 5.10 Å². The van der Waals surface area contributed by atoms with Gasteiger partial charge < -0.3 is 0 Å². The average Bonchev–Trinajstić information content (AvgIpc) is 3.51. The van der Waals surface area contributed by atoms with Gasteiger partial charge in [0.2, 0.25) is 15.5 Å². The van der Waals surface area contributed by atoms with Gasteiger partial charge in [-0.25, -0.2) is 18.4 Å². The minimum Gasteiger partial charge on any atom is -0.277 e. The summed E-state index contributed by atoms with van der Waals surface area (Å²) < 4.78 is 29.9. The van der Waals surface area contributed by atoms with Gasteiger partial charge in [-0.2, -0.15) is 14.4 Å². The monoisotopic (exact) mass is 489 g/mol. The lowest BCUT2D eigenvalue weighted by Crippen LogP contribution is -2.12. The van der Waals surface area contributed by atoms with E-state index in [4.69, 9.17) is 0 Å². The van der Waals surface area contributed by atoms with E-state index in [0.29, 0.717) is 23.0 Å². The quantitative estimate of drug-likeness (QED) is 0.361. The molecule has 11 nitrogen and oxygen atoms in total. The lowest BCUT2D eigenvalue weighted by molar-refractivity contribution is 0.557. The summed E-state index contributed by atoms with van der Waals surface area (Å²) in [6.45, 7) is 7.84. The van der Waals surface area contributed by atoms with Gasteiger partial charge >= 0.3 is 0 Å². The van der Waals surface area contributed by atoms with Crippen molar-refractivity contribution in [2.75, 3.05) is 0 Å². The Bertz CT molecular complexity index is 1640. The maximum Gasteiger partial charge on any atom is 0.211 e. The molecule has 12 heteroatoms. The van der Waals surface area contributed by atoms with Crippen molar-refractivity contribution in [3.8, 4) is 5.82 Å². The molecule has 178 valence electrons. The molecule has 1 N–H and O–H groups in total. The molecule has 4 aromatic heterocycles. The fraction of sp³-hybridized carbons (Fsp3) is 0.217. The molecule has 0 aliphatic heterocycles. The van der Waals surface area contributed by atoms with Crippen molar-refractivity contribution in [3.05, 3.63) is 72.4 Å². The van der Waals surface area contributed by atoms with Crippen molar-refractivity contribution in [3.63, 3.8) is 0 Å². The van der Waals surface area contributed by atoms with Crippen molar-refractivity contribution in [1.29, 1.82) is 0 Å². The molecule has 35 heavy (non-hydrogen) atoms. The fourth-order valence-electron chi connectivity index (χ4n) is 3.61. The number of azo groups is 1. The molecule has 0 spiro atoms. The predicted molar refractivity (Wildman–Crippen MR) is 128 cm³/mol. The average molecular weight is 490 g/mol. The van der Waals surface area contributed by atoms with Gasteiger partial charge in [0.25, 0.3) is 0 Å². The number of hydrogen-bond donors (Lipinski definition) is 1. The van der Waals surface area contributed by atoms with Gasteiger partial charge in [0.15, 0.2) is 17.3 Å². The van der Waals surface area contributed by atoms with Gasteiger partial charge in [0, 0.05) is 11.6 Å². The van der Waals surface area contributed by atoms with Crippen LogP contribution in [0.4, 0.5) is 11.5 Å². The number of rotatable bonds is 5. The number of nitrogens with one attached hydrogen (secondary N) is 1. The minimum absolute atomic E-state index is 0.0306. The molecule has 5 rings (SSSR count). The maximum atomic E-state index is 13.5. The second kappa shape index (κ2) is 8.24. The Morgan fingerprint density at radius 3 is 2.43 bits per heavy atom. The Kier molecular flexibility index (Phi) is 5.32. The number of sulfone groups is 1. The van der Waals surface area contributed by atoms with Crippen LogP contribution in [-0.2, 0) is 15.3 Å². The van der Waals surface area contributed by atoms with Gasteiger partial charge in [-0.1, -0.05) is 45.0 Å². The van der Waals surface area contributed by atoms with Crippen LogP contribution in [0, 0.1) is 6.92 Å². The van der Waals surface area contributed by atoms with Crippen LogP contribution < -0.4 is 0 Å². The molecule has 4 heterocycles. The summed E-state index contributed by atoms with van der Waals surface area (Å²) >= 11 is 0. The molecule has 0 atom stereocenters. The molecule has 0 aliphatic rings. The summed E-state index contributed by atoms with van der Waals surface area (Å²) in [5.74, 6) is 1.01. The molecule has 0 saturated heterocycles. The van der Waals surface area contributed by atoms with Gasteiger partial charge in [0.05, 0.1) is 16.8 Å². The molecule has 0 radical (unpaired) electrons. The molecule has 1 aromatic carbocycles. The van der Waals surface area contributed by atoms with Crippen LogP contribution in [0.5, 0.6) is 0 Å². The third-order valence-electron chi connectivity index (χ3n) is 5.29. The number of H-pyrrole nitrogens is 1. The van der Waals surface area contributed by atoms with Crippen LogP contribution in [0.3, 0.4) is 0 Å². The highest BCUT2D eigenvalue weighted by Gasteiger charge is 2.28. The summed E-state index contributed by atoms with van der Waals surface area (Å²) in [6, 6.07) is 13.4. The molecule has 5 aromatic rings. The Balaban J connectivity index is 1.72. The molecule has 0 fully saturated rings. The third kappa shape index (κ3) is 4.01. The number of aromatic amines is 1. The van der Waals surface area contributed by atoms with Crippen LogP contribution >= 0.6 is 0 Å². The van der Waals surface area contributed by atoms with Crippen molar-refractivity contribution >= 4 is 27.0 Å². The van der Waals surface area contributed by atoms with Crippen LogP contribution in [-0.4, -0.2) is 43.0 Å². The Hall–Kier alpha value is -4.19. The fourth-order valence-corrected chi connectivity index (χ4v) is 4.94. The highest BCUT2D eigenvalue weighted by molar-refractivity contribution is 7.91. The maximum absolute atomic E-state index is 13.5. The van der Waals surface area contributed by atoms with E-state index in [2.05, 4.69) is 35.5 Å². The lowest BCUT2D eigenvalue weighted by Gasteiger charge is -2.16. The summed E-state index contributed by atoms with van der Waals surface area (Å²) in [4.78, 5) is 8.81. The van der Waals surface area contributed by atoms with Crippen molar-refractivity contribution in [2.24, 2.45) is 10.2 Å². The van der Waals surface area contributed by atoms with E-state index in [9.17, 15) is 8.42 Å². The minimum atomic E-state index is -3.93. The Morgan fingerprint density at radius 1 is 1.00 bits per heavy atom. The first-order valence-corrected chi connectivity index (χ1v) is 12.3. The molecular formula is C23H23N9O2S. The van der Waals surface area contributed by atoms with E-state index in [1.807, 2.05) is 20.8 Å². The van der Waals surface area contributed by atoms with Gasteiger partial charge in [0.1, 0.15) is 10.7 Å². The number of aryl methyl sites for hydroxylation is 1. The van der Waals surface area contributed by atoms with E-state index in [1.165, 1.54) is 23.0 Å². The summed E-state index contributed by atoms with van der Waals surface area (Å²) in [7, 11) is -3.93. The SMILES string of the molecule is Cc1nc2c(N=Nc3c(S(=O)(=O)c4ccccc4)cnn3-c3ccccn3)c(C(C)(C)C)[nH]n2n1. The van der Waals surface area contributed by atoms with E-state index in [0.717, 1.165) is 5.69 Å². The first-order valence-electron chi connectivity index (χ1n) is 10.8. The number of benzene rings is 1. The smallest absolute Gasteiger partial charge is 0.211 e. The molecular weight excluding hydrogens is 466 g/mol. The summed E-state index contributed by atoms with van der Waals surface area (Å²) in [5, 5.41) is 20.7. The number of aromatic nitrogens is 7. The predicted octanol–water partition coefficient (Wildman–Crippen LogP) is 4.49. The lowest BCUT2D eigenvalue weighted by atomic mass is 9.91. The number of pyridine rings is 1. The van der Waals surface area contributed by atoms with Crippen molar-refractivity contribution in [2.45, 2.75) is 42.9 Å². The van der Waals surface area contributed by atoms with E-state index < -0.39 is 9.84 Å². The Labute approximate surface area is 201 Å². The standard InChI is InChI=1S/C23H23N9O2S/c1-15-26-22-19(20(23(2,3)4)30-32(22)29-15)27-28-21-17(35(33,34)16-10-6-5-7-11-16)14-25-31(21)18-12-8-9-13-24-18/h5-14,30H,1-4H3. The van der Waals surface area contributed by atoms with Crippen LogP contribution in [0.15, 0.2) is 80.9 Å². The zero-order valence-corrected chi connectivity index (χ0v) is 20.4. The van der Waals surface area contributed by atoms with Crippen LogP contribution in [0.25, 0.3) is 11.5 Å². The third-order valence-corrected chi connectivity index (χ3v) is 7.05. The first kappa shape index (κ1) is 22.6. The highest BCUT2D eigenvalue weighted by atomic mass is 32.2. The number of hydrogen-bond acceptors (Lipinski definition) is 8. The second-order valence-electron chi connectivity index (χ2n) is 8.93. The first-order chi connectivity index (χ1) is 16.7. The largest absolute Gasteiger partial charge is 0.277 e. The zero-order chi connectivity index (χ0) is 24.8. The molecule has 0 amide bonds. The van der Waals surface area contributed by atoms with Crippen LogP contribution in [0.1, 0.15) is 32.3 Å². The highest BCUT2D eigenvalue weighted by Crippen LogP contribution is 2.37. The molecule has 0 saturated carbocycles. The zero-order valence-electron chi connectivity index (χ0n) is 19.6. The summed E-state index contributed by atoms with van der Waals surface area (Å²) in [6.07, 6.45) is 2.86. The number of fused-ring (bicyclic) bond motifs is 1. The molecule has 0 bridgehead atoms. The Morgan fingerprint density at radius 2 is 1.74 bits per heavy atom. The van der Waals surface area contributed by atoms with E-state index in [-0.39, 0.29) is 21.0 Å². The molecule has 0 unspecified atom stereocenters.